The van der Waals surface area contributed by atoms with E-state index < -0.39 is 0 Å². The summed E-state index contributed by atoms with van der Waals surface area (Å²) in [5.74, 6) is 0. The first-order valence-corrected chi connectivity index (χ1v) is 5.56. The predicted octanol–water partition coefficient (Wildman–Crippen LogP) is 4.04. The number of nitrogens with zero attached hydrogens (tertiary/aromatic N) is 1. The van der Waals surface area contributed by atoms with Crippen molar-refractivity contribution in [3.8, 4) is 0 Å². The summed E-state index contributed by atoms with van der Waals surface area (Å²) < 4.78 is 0. The Morgan fingerprint density at radius 2 is 1.07 bits per heavy atom. The molecule has 0 atom stereocenters. The molecule has 0 amide bonds. The lowest BCUT2D eigenvalue weighted by Crippen LogP contribution is -2.19. The first-order chi connectivity index (χ1) is 5.92. The molecule has 0 aromatic carbocycles. The highest BCUT2D eigenvalue weighted by Gasteiger charge is 2.09. The fourth-order valence-corrected chi connectivity index (χ4v) is 0.559. The largest absolute Gasteiger partial charge is 0.309 e. The Bertz CT molecular complexity index is 117. The van der Waals surface area contributed by atoms with E-state index >= 15 is 0 Å². The van der Waals surface area contributed by atoms with Crippen molar-refractivity contribution in [2.24, 2.45) is 10.8 Å². The van der Waals surface area contributed by atoms with Gasteiger partial charge in [-0.05, 0) is 37.9 Å². The number of hydrogen-bond acceptors (Lipinski definition) is 1. The molecule has 0 bridgehead atoms. The minimum Gasteiger partial charge on any atom is -0.309 e. The van der Waals surface area contributed by atoms with E-state index in [1.165, 1.54) is 13.0 Å². The summed E-state index contributed by atoms with van der Waals surface area (Å²) in [6, 6.07) is 0. The quantitative estimate of drug-likeness (QED) is 0.652. The van der Waals surface area contributed by atoms with Gasteiger partial charge in [-0.3, -0.25) is 0 Å². The van der Waals surface area contributed by atoms with E-state index in [-0.39, 0.29) is 0 Å². The molecular formula is C13H31N. The Hall–Kier alpha value is -0.0400. The highest BCUT2D eigenvalue weighted by molar-refractivity contribution is 4.62. The minimum absolute atomic E-state index is 0.490. The van der Waals surface area contributed by atoms with Gasteiger partial charge in [-0.25, -0.2) is 0 Å². The maximum absolute atomic E-state index is 2.27. The maximum atomic E-state index is 2.27. The van der Waals surface area contributed by atoms with E-state index in [0.717, 1.165) is 0 Å². The van der Waals surface area contributed by atoms with Gasteiger partial charge in [0.05, 0.1) is 0 Å². The van der Waals surface area contributed by atoms with Crippen LogP contribution in [-0.4, -0.2) is 25.5 Å². The SMILES string of the molecule is CC(C)(C)C.CN(C)CCC(C)(C)C. The third-order valence-electron chi connectivity index (χ3n) is 1.31. The first-order valence-electron chi connectivity index (χ1n) is 5.56. The second-order valence-electron chi connectivity index (χ2n) is 7.11. The van der Waals surface area contributed by atoms with Gasteiger partial charge in [0.25, 0.3) is 0 Å². The molecule has 0 aliphatic rings. The Morgan fingerprint density at radius 1 is 0.786 bits per heavy atom. The van der Waals surface area contributed by atoms with Crippen molar-refractivity contribution < 1.29 is 0 Å². The van der Waals surface area contributed by atoms with Gasteiger partial charge in [0, 0.05) is 0 Å². The van der Waals surface area contributed by atoms with Crippen LogP contribution in [0, 0.1) is 10.8 Å². The van der Waals surface area contributed by atoms with Crippen LogP contribution in [0.15, 0.2) is 0 Å². The van der Waals surface area contributed by atoms with Crippen LogP contribution < -0.4 is 0 Å². The fraction of sp³-hybridized carbons (Fsp3) is 1.00. The molecule has 0 N–H and O–H groups in total. The Morgan fingerprint density at radius 3 is 1.14 bits per heavy atom. The molecule has 0 aromatic heterocycles. The van der Waals surface area contributed by atoms with E-state index in [9.17, 15) is 0 Å². The molecular weight excluding hydrogens is 170 g/mol. The average Bonchev–Trinajstić information content (AvgIpc) is 1.77. The van der Waals surface area contributed by atoms with Gasteiger partial charge >= 0.3 is 0 Å². The second kappa shape index (κ2) is 6.44. The molecule has 88 valence electrons. The summed E-state index contributed by atoms with van der Waals surface area (Å²) in [6.07, 6.45) is 1.28. The van der Waals surface area contributed by atoms with Crippen LogP contribution in [0.5, 0.6) is 0 Å². The lowest BCUT2D eigenvalue weighted by molar-refractivity contribution is 0.297. The van der Waals surface area contributed by atoms with Crippen LogP contribution in [0.1, 0.15) is 54.9 Å². The van der Waals surface area contributed by atoms with E-state index in [1.54, 1.807) is 0 Å². The molecule has 0 aliphatic carbocycles. The van der Waals surface area contributed by atoms with Crippen LogP contribution in [0.4, 0.5) is 0 Å². The number of rotatable bonds is 2. The summed E-state index contributed by atoms with van der Waals surface area (Å²) in [4.78, 5) is 2.23. The summed E-state index contributed by atoms with van der Waals surface area (Å²) >= 11 is 0. The summed E-state index contributed by atoms with van der Waals surface area (Å²) in [5.41, 5.74) is 0.990. The normalized spacial score (nSPS) is 12.4. The monoisotopic (exact) mass is 201 g/mol. The molecule has 1 heteroatoms. The van der Waals surface area contributed by atoms with Crippen LogP contribution in [0.3, 0.4) is 0 Å². The zero-order valence-corrected chi connectivity index (χ0v) is 11.9. The molecule has 0 saturated heterocycles. The van der Waals surface area contributed by atoms with Gasteiger partial charge in [0.1, 0.15) is 0 Å². The van der Waals surface area contributed by atoms with Gasteiger partial charge in [0.2, 0.25) is 0 Å². The third-order valence-corrected chi connectivity index (χ3v) is 1.31. The van der Waals surface area contributed by atoms with Crippen molar-refractivity contribution in [2.45, 2.75) is 54.9 Å². The smallest absolute Gasteiger partial charge is 0.00198 e. The molecule has 14 heavy (non-hydrogen) atoms. The zero-order valence-electron chi connectivity index (χ0n) is 11.9. The fourth-order valence-electron chi connectivity index (χ4n) is 0.559. The van der Waals surface area contributed by atoms with E-state index in [0.29, 0.717) is 10.8 Å². The molecule has 0 saturated carbocycles. The van der Waals surface area contributed by atoms with Gasteiger partial charge in [-0.1, -0.05) is 48.5 Å². The van der Waals surface area contributed by atoms with Crippen LogP contribution in [0.2, 0.25) is 0 Å². The highest BCUT2D eigenvalue weighted by Crippen LogP contribution is 2.17. The Labute approximate surface area is 91.9 Å². The van der Waals surface area contributed by atoms with Crippen molar-refractivity contribution in [1.82, 2.24) is 4.90 Å². The van der Waals surface area contributed by atoms with Crippen molar-refractivity contribution in [2.75, 3.05) is 20.6 Å². The van der Waals surface area contributed by atoms with Crippen molar-refractivity contribution in [1.29, 1.82) is 0 Å². The number of hydrogen-bond donors (Lipinski definition) is 0. The predicted molar refractivity (Wildman–Crippen MR) is 67.8 cm³/mol. The molecule has 0 aromatic rings. The second-order valence-corrected chi connectivity index (χ2v) is 7.11. The van der Waals surface area contributed by atoms with Crippen LogP contribution in [-0.2, 0) is 0 Å². The first kappa shape index (κ1) is 16.4. The van der Waals surface area contributed by atoms with Gasteiger partial charge in [0.15, 0.2) is 0 Å². The van der Waals surface area contributed by atoms with Crippen molar-refractivity contribution in [3.63, 3.8) is 0 Å². The molecule has 0 spiro atoms. The van der Waals surface area contributed by atoms with E-state index in [1.807, 2.05) is 0 Å². The van der Waals surface area contributed by atoms with Gasteiger partial charge in [-0.15, -0.1) is 0 Å². The maximum Gasteiger partial charge on any atom is -0.00198 e. The summed E-state index contributed by atoms with van der Waals surface area (Å²) in [7, 11) is 4.23. The highest BCUT2D eigenvalue weighted by atomic mass is 15.0. The van der Waals surface area contributed by atoms with Crippen LogP contribution >= 0.6 is 0 Å². The topological polar surface area (TPSA) is 3.24 Å². The molecule has 1 nitrogen and oxygen atoms in total. The van der Waals surface area contributed by atoms with Crippen LogP contribution in [0.25, 0.3) is 0 Å². The zero-order chi connectivity index (χ0) is 12.0. The van der Waals surface area contributed by atoms with Crippen molar-refractivity contribution in [3.05, 3.63) is 0 Å². The van der Waals surface area contributed by atoms with Gasteiger partial charge in [-0.2, -0.15) is 0 Å². The molecule has 0 fully saturated rings. The molecule has 0 heterocycles. The standard InChI is InChI=1S/C8H19N.C5H12/c1-8(2,3)6-7-9(4)5;1-5(2,3)4/h6-7H2,1-5H3;1-4H3. The Balaban J connectivity index is 0. The lowest BCUT2D eigenvalue weighted by Gasteiger charge is -2.20. The van der Waals surface area contributed by atoms with E-state index in [2.05, 4.69) is 67.5 Å². The van der Waals surface area contributed by atoms with Gasteiger partial charge < -0.3 is 4.90 Å². The average molecular weight is 201 g/mol. The summed E-state index contributed by atoms with van der Waals surface area (Å²) in [5, 5.41) is 0. The lowest BCUT2D eigenvalue weighted by atomic mass is 9.92. The minimum atomic E-state index is 0.490. The third kappa shape index (κ3) is 40.4. The molecule has 0 radical (unpaired) electrons. The van der Waals surface area contributed by atoms with Crippen molar-refractivity contribution >= 4 is 0 Å². The molecule has 0 unspecified atom stereocenters. The van der Waals surface area contributed by atoms with E-state index in [4.69, 9.17) is 0 Å². The Kier molecular flexibility index (Phi) is 7.55. The summed E-state index contributed by atoms with van der Waals surface area (Å²) in [6.45, 7) is 16.8. The molecule has 0 aliphatic heterocycles. The molecule has 0 rings (SSSR count).